The smallest absolute Gasteiger partial charge is 0.223 e. The van der Waals surface area contributed by atoms with Crippen molar-refractivity contribution in [1.82, 2.24) is 9.80 Å². The van der Waals surface area contributed by atoms with Gasteiger partial charge >= 0.3 is 0 Å². The van der Waals surface area contributed by atoms with Gasteiger partial charge in [-0.1, -0.05) is 32.9 Å². The predicted octanol–water partition coefficient (Wildman–Crippen LogP) is 1.89. The first-order valence-electron chi connectivity index (χ1n) is 8.21. The Kier molecular flexibility index (Phi) is 5.44. The van der Waals surface area contributed by atoms with Crippen molar-refractivity contribution in [3.05, 3.63) is 12.2 Å². The fourth-order valence-corrected chi connectivity index (χ4v) is 2.92. The molecule has 0 bridgehead atoms. The van der Waals surface area contributed by atoms with Crippen molar-refractivity contribution in [3.63, 3.8) is 0 Å². The molecule has 1 N–H and O–H groups in total. The van der Waals surface area contributed by atoms with E-state index < -0.39 is 0 Å². The van der Waals surface area contributed by atoms with E-state index in [0.717, 1.165) is 39.0 Å². The van der Waals surface area contributed by atoms with Crippen LogP contribution in [0.3, 0.4) is 0 Å². The standard InChI is InChI=1S/C17H30N2O2/c1-17(2,3)15(20)13-18-8-10-19(11-9-18)16(21)12-14-6-4-5-7-14/h4,6,14-15,20H,5,7-13H2,1-3H3/t14-,15+/m1/s1. The maximum atomic E-state index is 12.3. The molecule has 0 radical (unpaired) electrons. The molecule has 21 heavy (non-hydrogen) atoms. The second-order valence-corrected chi connectivity index (χ2v) is 7.53. The number of hydrogen-bond acceptors (Lipinski definition) is 3. The Morgan fingerprint density at radius 2 is 1.95 bits per heavy atom. The maximum absolute atomic E-state index is 12.3. The number of amides is 1. The Morgan fingerprint density at radius 1 is 1.29 bits per heavy atom. The first-order chi connectivity index (χ1) is 9.86. The number of β-amino-alcohol motifs (C(OH)–C–C–N with tert-alkyl or cyclic N) is 1. The summed E-state index contributed by atoms with van der Waals surface area (Å²) in [5.74, 6) is 0.751. The van der Waals surface area contributed by atoms with E-state index in [2.05, 4.69) is 37.8 Å². The molecule has 0 aromatic heterocycles. The second-order valence-electron chi connectivity index (χ2n) is 7.53. The third-order valence-corrected chi connectivity index (χ3v) is 4.70. The number of aliphatic hydroxyl groups is 1. The normalized spacial score (nSPS) is 25.3. The van der Waals surface area contributed by atoms with Gasteiger partial charge in [-0.3, -0.25) is 9.69 Å². The fourth-order valence-electron chi connectivity index (χ4n) is 2.92. The Balaban J connectivity index is 1.72. The van der Waals surface area contributed by atoms with Gasteiger partial charge in [-0.2, -0.15) is 0 Å². The molecule has 4 nitrogen and oxygen atoms in total. The van der Waals surface area contributed by atoms with Crippen LogP contribution >= 0.6 is 0 Å². The second kappa shape index (κ2) is 6.93. The summed E-state index contributed by atoms with van der Waals surface area (Å²) in [6.07, 6.45) is 6.97. The highest BCUT2D eigenvalue weighted by Gasteiger charge is 2.28. The van der Waals surface area contributed by atoms with Crippen LogP contribution in [0, 0.1) is 11.3 Å². The zero-order valence-electron chi connectivity index (χ0n) is 13.7. The number of aliphatic hydroxyl groups excluding tert-OH is 1. The first kappa shape index (κ1) is 16.5. The van der Waals surface area contributed by atoms with E-state index >= 15 is 0 Å². The molecule has 2 aliphatic rings. The van der Waals surface area contributed by atoms with Crippen molar-refractivity contribution < 1.29 is 9.90 Å². The molecule has 0 aromatic rings. The minimum absolute atomic E-state index is 0.0816. The lowest BCUT2D eigenvalue weighted by molar-refractivity contribution is -0.133. The van der Waals surface area contributed by atoms with Crippen LogP contribution in [0.5, 0.6) is 0 Å². The van der Waals surface area contributed by atoms with Crippen LogP contribution < -0.4 is 0 Å². The quantitative estimate of drug-likeness (QED) is 0.805. The summed E-state index contributed by atoms with van der Waals surface area (Å²) in [6, 6.07) is 0. The molecular formula is C17H30N2O2. The molecule has 0 spiro atoms. The summed E-state index contributed by atoms with van der Waals surface area (Å²) in [5.41, 5.74) is -0.0816. The average molecular weight is 294 g/mol. The molecule has 1 amide bonds. The zero-order valence-corrected chi connectivity index (χ0v) is 13.7. The number of carbonyl (C=O) groups excluding carboxylic acids is 1. The van der Waals surface area contributed by atoms with E-state index in [1.54, 1.807) is 0 Å². The third-order valence-electron chi connectivity index (χ3n) is 4.70. The molecule has 2 atom stereocenters. The Morgan fingerprint density at radius 3 is 2.48 bits per heavy atom. The van der Waals surface area contributed by atoms with Crippen molar-refractivity contribution >= 4 is 5.91 Å². The van der Waals surface area contributed by atoms with Crippen LogP contribution in [0.15, 0.2) is 12.2 Å². The van der Waals surface area contributed by atoms with Gasteiger partial charge in [-0.05, 0) is 24.2 Å². The van der Waals surface area contributed by atoms with Gasteiger partial charge in [0, 0.05) is 39.1 Å². The van der Waals surface area contributed by atoms with Gasteiger partial charge < -0.3 is 10.0 Å². The SMILES string of the molecule is CC(C)(C)[C@@H](O)CN1CCN(C(=O)C[C@@H]2C=CCC2)CC1. The lowest BCUT2D eigenvalue weighted by Crippen LogP contribution is -2.51. The molecule has 1 aliphatic heterocycles. The Labute approximate surface area is 128 Å². The molecule has 4 heteroatoms. The maximum Gasteiger partial charge on any atom is 0.223 e. The lowest BCUT2D eigenvalue weighted by atomic mass is 9.89. The number of rotatable bonds is 4. The van der Waals surface area contributed by atoms with E-state index in [1.165, 1.54) is 0 Å². The van der Waals surface area contributed by atoms with E-state index in [4.69, 9.17) is 0 Å². The highest BCUT2D eigenvalue weighted by Crippen LogP contribution is 2.22. The topological polar surface area (TPSA) is 43.8 Å². The van der Waals surface area contributed by atoms with E-state index in [9.17, 15) is 9.90 Å². The molecule has 1 aliphatic carbocycles. The van der Waals surface area contributed by atoms with Crippen LogP contribution in [0.4, 0.5) is 0 Å². The molecule has 1 saturated heterocycles. The van der Waals surface area contributed by atoms with Gasteiger partial charge in [0.1, 0.15) is 0 Å². The van der Waals surface area contributed by atoms with Crippen LogP contribution in [-0.4, -0.2) is 59.6 Å². The van der Waals surface area contributed by atoms with E-state index in [0.29, 0.717) is 24.8 Å². The van der Waals surface area contributed by atoms with Gasteiger partial charge in [0.15, 0.2) is 0 Å². The Bertz CT molecular complexity index is 379. The summed E-state index contributed by atoms with van der Waals surface area (Å²) < 4.78 is 0. The summed E-state index contributed by atoms with van der Waals surface area (Å²) >= 11 is 0. The summed E-state index contributed by atoms with van der Waals surface area (Å²) in [7, 11) is 0. The summed E-state index contributed by atoms with van der Waals surface area (Å²) in [5, 5.41) is 10.2. The van der Waals surface area contributed by atoms with E-state index in [-0.39, 0.29) is 11.5 Å². The number of hydrogen-bond donors (Lipinski definition) is 1. The Hall–Kier alpha value is -0.870. The van der Waals surface area contributed by atoms with Crippen molar-refractivity contribution in [3.8, 4) is 0 Å². The van der Waals surface area contributed by atoms with E-state index in [1.807, 2.05) is 4.90 Å². The van der Waals surface area contributed by atoms with Crippen molar-refractivity contribution in [1.29, 1.82) is 0 Å². The third kappa shape index (κ3) is 4.82. The van der Waals surface area contributed by atoms with Gasteiger partial charge in [-0.15, -0.1) is 0 Å². The number of allylic oxidation sites excluding steroid dienone is 2. The minimum Gasteiger partial charge on any atom is -0.391 e. The highest BCUT2D eigenvalue weighted by molar-refractivity contribution is 5.76. The molecule has 1 heterocycles. The van der Waals surface area contributed by atoms with Crippen LogP contribution in [0.1, 0.15) is 40.0 Å². The molecule has 2 rings (SSSR count). The summed E-state index contributed by atoms with van der Waals surface area (Å²) in [6.45, 7) is 10.2. The summed E-state index contributed by atoms with van der Waals surface area (Å²) in [4.78, 5) is 16.5. The molecular weight excluding hydrogens is 264 g/mol. The highest BCUT2D eigenvalue weighted by atomic mass is 16.3. The average Bonchev–Trinajstić information content (AvgIpc) is 2.91. The zero-order chi connectivity index (χ0) is 15.5. The van der Waals surface area contributed by atoms with Crippen molar-refractivity contribution in [2.75, 3.05) is 32.7 Å². The van der Waals surface area contributed by atoms with Gasteiger partial charge in [-0.25, -0.2) is 0 Å². The molecule has 0 aromatic carbocycles. The van der Waals surface area contributed by atoms with Crippen LogP contribution in [-0.2, 0) is 4.79 Å². The first-order valence-corrected chi connectivity index (χ1v) is 8.21. The van der Waals surface area contributed by atoms with Crippen molar-refractivity contribution in [2.45, 2.75) is 46.1 Å². The van der Waals surface area contributed by atoms with Gasteiger partial charge in [0.2, 0.25) is 5.91 Å². The fraction of sp³-hybridized carbons (Fsp3) is 0.824. The minimum atomic E-state index is -0.316. The molecule has 1 fully saturated rings. The number of carbonyl (C=O) groups is 1. The van der Waals surface area contributed by atoms with Gasteiger partial charge in [0.05, 0.1) is 6.10 Å². The lowest BCUT2D eigenvalue weighted by Gasteiger charge is -2.38. The largest absolute Gasteiger partial charge is 0.391 e. The monoisotopic (exact) mass is 294 g/mol. The number of nitrogens with zero attached hydrogens (tertiary/aromatic N) is 2. The van der Waals surface area contributed by atoms with Gasteiger partial charge in [0.25, 0.3) is 0 Å². The molecule has 0 unspecified atom stereocenters. The van der Waals surface area contributed by atoms with Crippen molar-refractivity contribution in [2.24, 2.45) is 11.3 Å². The number of piperazine rings is 1. The molecule has 0 saturated carbocycles. The molecule has 120 valence electrons. The van der Waals surface area contributed by atoms with Crippen LogP contribution in [0.2, 0.25) is 0 Å². The van der Waals surface area contributed by atoms with Crippen LogP contribution in [0.25, 0.3) is 0 Å². The predicted molar refractivity (Wildman–Crippen MR) is 85.0 cm³/mol.